The summed E-state index contributed by atoms with van der Waals surface area (Å²) < 4.78 is 13.3. The van der Waals surface area contributed by atoms with E-state index in [1.807, 2.05) is 6.07 Å². The summed E-state index contributed by atoms with van der Waals surface area (Å²) in [6.45, 7) is 5.00. The fourth-order valence-corrected chi connectivity index (χ4v) is 2.82. The Labute approximate surface area is 119 Å². The average Bonchev–Trinajstić information content (AvgIpc) is 2.50. The number of halogens is 1. The van der Waals surface area contributed by atoms with Gasteiger partial charge >= 0.3 is 0 Å². The maximum atomic E-state index is 13.3. The number of piperidine rings is 1. The highest BCUT2D eigenvalue weighted by Gasteiger charge is 2.32. The van der Waals surface area contributed by atoms with Crippen LogP contribution >= 0.6 is 0 Å². The SMILES string of the molecule is CCC1(CO)CCN(Cc2ccc(F)c(C#N)c2)CC1. The molecule has 0 saturated carbocycles. The van der Waals surface area contributed by atoms with E-state index in [1.165, 1.54) is 6.07 Å². The molecule has 0 radical (unpaired) electrons. The Morgan fingerprint density at radius 2 is 2.10 bits per heavy atom. The minimum Gasteiger partial charge on any atom is -0.396 e. The molecule has 108 valence electrons. The number of benzene rings is 1. The van der Waals surface area contributed by atoms with Gasteiger partial charge in [-0.3, -0.25) is 4.90 Å². The molecule has 4 heteroatoms. The van der Waals surface area contributed by atoms with Crippen molar-refractivity contribution in [1.29, 1.82) is 5.26 Å². The van der Waals surface area contributed by atoms with Gasteiger partial charge in [0, 0.05) is 13.2 Å². The molecule has 0 atom stereocenters. The maximum Gasteiger partial charge on any atom is 0.140 e. The second-order valence-corrected chi connectivity index (χ2v) is 5.71. The average molecular weight is 276 g/mol. The molecule has 1 saturated heterocycles. The molecule has 0 unspecified atom stereocenters. The zero-order valence-corrected chi connectivity index (χ0v) is 11.9. The van der Waals surface area contributed by atoms with E-state index in [-0.39, 0.29) is 17.6 Å². The van der Waals surface area contributed by atoms with Gasteiger partial charge in [-0.1, -0.05) is 13.0 Å². The molecule has 2 rings (SSSR count). The number of rotatable bonds is 4. The zero-order valence-electron chi connectivity index (χ0n) is 11.9. The number of hydrogen-bond acceptors (Lipinski definition) is 3. The second-order valence-electron chi connectivity index (χ2n) is 5.71. The Kier molecular flexibility index (Phi) is 4.74. The molecule has 1 fully saturated rings. The van der Waals surface area contributed by atoms with E-state index < -0.39 is 5.82 Å². The first kappa shape index (κ1) is 15.0. The van der Waals surface area contributed by atoms with Crippen LogP contribution in [0.5, 0.6) is 0 Å². The highest BCUT2D eigenvalue weighted by atomic mass is 19.1. The molecule has 0 amide bonds. The number of hydrogen-bond donors (Lipinski definition) is 1. The van der Waals surface area contributed by atoms with Gasteiger partial charge in [0.05, 0.1) is 5.56 Å². The topological polar surface area (TPSA) is 47.3 Å². The van der Waals surface area contributed by atoms with Crippen LogP contribution in [-0.4, -0.2) is 29.7 Å². The zero-order chi connectivity index (χ0) is 14.6. The van der Waals surface area contributed by atoms with Gasteiger partial charge in [-0.05, 0) is 55.5 Å². The van der Waals surface area contributed by atoms with Gasteiger partial charge < -0.3 is 5.11 Å². The maximum absolute atomic E-state index is 13.3. The van der Waals surface area contributed by atoms with Crippen LogP contribution in [0.25, 0.3) is 0 Å². The molecule has 0 aromatic heterocycles. The van der Waals surface area contributed by atoms with Crippen LogP contribution in [0.15, 0.2) is 18.2 Å². The largest absolute Gasteiger partial charge is 0.396 e. The van der Waals surface area contributed by atoms with Crippen molar-refractivity contribution in [2.24, 2.45) is 5.41 Å². The summed E-state index contributed by atoms with van der Waals surface area (Å²) in [6, 6.07) is 6.61. The molecular weight excluding hydrogens is 255 g/mol. The smallest absolute Gasteiger partial charge is 0.140 e. The van der Waals surface area contributed by atoms with E-state index in [4.69, 9.17) is 5.26 Å². The van der Waals surface area contributed by atoms with Crippen molar-refractivity contribution >= 4 is 0 Å². The highest BCUT2D eigenvalue weighted by molar-refractivity contribution is 5.34. The summed E-state index contributed by atoms with van der Waals surface area (Å²) in [5.41, 5.74) is 1.16. The van der Waals surface area contributed by atoms with Crippen molar-refractivity contribution in [3.8, 4) is 6.07 Å². The van der Waals surface area contributed by atoms with E-state index in [2.05, 4.69) is 11.8 Å². The second kappa shape index (κ2) is 6.34. The monoisotopic (exact) mass is 276 g/mol. The summed E-state index contributed by atoms with van der Waals surface area (Å²) in [4.78, 5) is 2.30. The first-order chi connectivity index (χ1) is 9.62. The number of nitrogens with zero attached hydrogens (tertiary/aromatic N) is 2. The minimum absolute atomic E-state index is 0.0805. The van der Waals surface area contributed by atoms with Crippen LogP contribution in [-0.2, 0) is 6.54 Å². The molecule has 1 N–H and O–H groups in total. The third-order valence-corrected chi connectivity index (χ3v) is 4.56. The molecule has 0 aliphatic carbocycles. The fraction of sp³-hybridized carbons (Fsp3) is 0.562. The van der Waals surface area contributed by atoms with E-state index in [9.17, 15) is 9.50 Å². The quantitative estimate of drug-likeness (QED) is 0.919. The summed E-state index contributed by atoms with van der Waals surface area (Å²) in [5, 5.41) is 18.4. The predicted molar refractivity (Wildman–Crippen MR) is 75.4 cm³/mol. The molecule has 20 heavy (non-hydrogen) atoms. The summed E-state index contributed by atoms with van der Waals surface area (Å²) >= 11 is 0. The van der Waals surface area contributed by atoms with Crippen LogP contribution in [0.4, 0.5) is 4.39 Å². The lowest BCUT2D eigenvalue weighted by Crippen LogP contribution is -2.41. The number of aliphatic hydroxyl groups is 1. The van der Waals surface area contributed by atoms with E-state index in [0.717, 1.165) is 44.5 Å². The first-order valence-electron chi connectivity index (χ1n) is 7.14. The molecule has 1 aliphatic rings. The lowest BCUT2D eigenvalue weighted by Gasteiger charge is -2.40. The van der Waals surface area contributed by atoms with Gasteiger partial charge in [-0.15, -0.1) is 0 Å². The van der Waals surface area contributed by atoms with E-state index in [1.54, 1.807) is 12.1 Å². The molecule has 1 aromatic carbocycles. The first-order valence-corrected chi connectivity index (χ1v) is 7.14. The Balaban J connectivity index is 1.98. The lowest BCUT2D eigenvalue weighted by molar-refractivity contribution is 0.0382. The third kappa shape index (κ3) is 3.17. The molecule has 3 nitrogen and oxygen atoms in total. The number of nitriles is 1. The Bertz CT molecular complexity index is 496. The highest BCUT2D eigenvalue weighted by Crippen LogP contribution is 2.34. The minimum atomic E-state index is -0.458. The van der Waals surface area contributed by atoms with Gasteiger partial charge in [0.25, 0.3) is 0 Å². The van der Waals surface area contributed by atoms with Crippen LogP contribution < -0.4 is 0 Å². The van der Waals surface area contributed by atoms with Crippen molar-refractivity contribution in [3.05, 3.63) is 35.1 Å². The van der Waals surface area contributed by atoms with Crippen molar-refractivity contribution in [2.75, 3.05) is 19.7 Å². The molecule has 1 aromatic rings. The predicted octanol–water partition coefficient (Wildman–Crippen LogP) is 2.68. The van der Waals surface area contributed by atoms with Crippen molar-refractivity contribution in [3.63, 3.8) is 0 Å². The van der Waals surface area contributed by atoms with Gasteiger partial charge in [0.1, 0.15) is 11.9 Å². The van der Waals surface area contributed by atoms with Gasteiger partial charge in [0.2, 0.25) is 0 Å². The standard InChI is InChI=1S/C16H21FN2O/c1-2-16(12-20)5-7-19(8-6-16)11-13-3-4-15(17)14(9-13)10-18/h3-4,9,20H,2,5-8,11-12H2,1H3. The van der Waals surface area contributed by atoms with Crippen molar-refractivity contribution in [1.82, 2.24) is 4.90 Å². The molecule has 1 aliphatic heterocycles. The Hall–Kier alpha value is -1.44. The molecule has 0 spiro atoms. The summed E-state index contributed by atoms with van der Waals surface area (Å²) in [7, 11) is 0. The summed E-state index contributed by atoms with van der Waals surface area (Å²) in [5.74, 6) is -0.458. The van der Waals surface area contributed by atoms with Crippen molar-refractivity contribution in [2.45, 2.75) is 32.7 Å². The van der Waals surface area contributed by atoms with Crippen LogP contribution in [0.3, 0.4) is 0 Å². The van der Waals surface area contributed by atoms with Crippen LogP contribution in [0, 0.1) is 22.6 Å². The molecule has 0 bridgehead atoms. The van der Waals surface area contributed by atoms with Crippen LogP contribution in [0.1, 0.15) is 37.3 Å². The van der Waals surface area contributed by atoms with Gasteiger partial charge in [0.15, 0.2) is 0 Å². The normalized spacial score (nSPS) is 18.7. The van der Waals surface area contributed by atoms with Gasteiger partial charge in [-0.2, -0.15) is 5.26 Å². The fourth-order valence-electron chi connectivity index (χ4n) is 2.82. The summed E-state index contributed by atoms with van der Waals surface area (Å²) in [6.07, 6.45) is 2.99. The Morgan fingerprint density at radius 1 is 1.40 bits per heavy atom. The lowest BCUT2D eigenvalue weighted by atomic mass is 9.77. The van der Waals surface area contributed by atoms with Gasteiger partial charge in [-0.25, -0.2) is 4.39 Å². The van der Waals surface area contributed by atoms with Crippen molar-refractivity contribution < 1.29 is 9.50 Å². The molecular formula is C16H21FN2O. The van der Waals surface area contributed by atoms with E-state index >= 15 is 0 Å². The molecule has 1 heterocycles. The van der Waals surface area contributed by atoms with E-state index in [0.29, 0.717) is 0 Å². The van der Waals surface area contributed by atoms with Crippen LogP contribution in [0.2, 0.25) is 0 Å². The Morgan fingerprint density at radius 3 is 2.65 bits per heavy atom. The third-order valence-electron chi connectivity index (χ3n) is 4.56. The number of likely N-dealkylation sites (tertiary alicyclic amines) is 1. The number of aliphatic hydroxyl groups excluding tert-OH is 1.